The molecular weight excluding hydrogens is 398 g/mol. The minimum absolute atomic E-state index is 0.199. The molecule has 0 spiro atoms. The summed E-state index contributed by atoms with van der Waals surface area (Å²) in [6, 6.07) is 13.7. The van der Waals surface area contributed by atoms with Crippen molar-refractivity contribution < 1.29 is 9.59 Å². The molecule has 0 aliphatic rings. The van der Waals surface area contributed by atoms with Crippen molar-refractivity contribution in [3.05, 3.63) is 74.5 Å². The van der Waals surface area contributed by atoms with Crippen molar-refractivity contribution in [1.29, 1.82) is 0 Å². The van der Waals surface area contributed by atoms with Crippen molar-refractivity contribution in [2.45, 2.75) is 6.92 Å². The highest BCUT2D eigenvalue weighted by atomic mass is 79.9. The van der Waals surface area contributed by atoms with Crippen LogP contribution < -0.4 is 16.2 Å². The lowest BCUT2D eigenvalue weighted by molar-refractivity contribution is -0.115. The van der Waals surface area contributed by atoms with Crippen LogP contribution in [-0.2, 0) is 4.79 Å². The van der Waals surface area contributed by atoms with E-state index in [0.717, 1.165) is 10.0 Å². The molecule has 0 bridgehead atoms. The first-order chi connectivity index (χ1) is 12.4. The lowest BCUT2D eigenvalue weighted by atomic mass is 10.1. The number of benzene rings is 2. The zero-order chi connectivity index (χ0) is 18.7. The number of carbonyl (C=O) groups is 2. The standard InChI is InChI=1S/C19H16BrN3O3/c1-11-8-12(20)6-7-15(11)22-18(25)10-21-19(26)14-9-17(24)23-16-5-3-2-4-13(14)16/h2-9H,10H2,1H3,(H,21,26)(H,22,25)(H,23,24). The van der Waals surface area contributed by atoms with E-state index in [2.05, 4.69) is 31.5 Å². The molecule has 0 fully saturated rings. The van der Waals surface area contributed by atoms with Crippen molar-refractivity contribution in [1.82, 2.24) is 10.3 Å². The van der Waals surface area contributed by atoms with Gasteiger partial charge in [0.2, 0.25) is 11.5 Å². The molecular formula is C19H16BrN3O3. The number of nitrogens with one attached hydrogen (secondary N) is 3. The van der Waals surface area contributed by atoms with E-state index in [1.54, 1.807) is 30.3 Å². The van der Waals surface area contributed by atoms with Crippen LogP contribution in [0.2, 0.25) is 0 Å². The van der Waals surface area contributed by atoms with Gasteiger partial charge in [0.05, 0.1) is 12.1 Å². The molecule has 132 valence electrons. The van der Waals surface area contributed by atoms with Crippen LogP contribution in [0.3, 0.4) is 0 Å². The predicted octanol–water partition coefficient (Wildman–Crippen LogP) is 2.97. The normalized spacial score (nSPS) is 10.5. The van der Waals surface area contributed by atoms with Crippen LogP contribution >= 0.6 is 15.9 Å². The number of aromatic nitrogens is 1. The molecule has 2 aromatic carbocycles. The van der Waals surface area contributed by atoms with Crippen LogP contribution in [0.1, 0.15) is 15.9 Å². The van der Waals surface area contributed by atoms with E-state index in [9.17, 15) is 14.4 Å². The third-order valence-electron chi connectivity index (χ3n) is 3.87. The van der Waals surface area contributed by atoms with E-state index in [-0.39, 0.29) is 23.6 Å². The molecule has 6 nitrogen and oxygen atoms in total. The van der Waals surface area contributed by atoms with E-state index >= 15 is 0 Å². The summed E-state index contributed by atoms with van der Waals surface area (Å²) >= 11 is 3.37. The maximum atomic E-state index is 12.4. The highest BCUT2D eigenvalue weighted by Crippen LogP contribution is 2.20. The summed E-state index contributed by atoms with van der Waals surface area (Å²) in [5.74, 6) is -0.826. The van der Waals surface area contributed by atoms with Crippen LogP contribution in [0.4, 0.5) is 5.69 Å². The average Bonchev–Trinajstić information content (AvgIpc) is 2.61. The Labute approximate surface area is 157 Å². The number of halogens is 1. The Morgan fingerprint density at radius 3 is 2.65 bits per heavy atom. The zero-order valence-corrected chi connectivity index (χ0v) is 15.5. The van der Waals surface area contributed by atoms with Crippen LogP contribution in [0.25, 0.3) is 10.9 Å². The fourth-order valence-electron chi connectivity index (χ4n) is 2.61. The van der Waals surface area contributed by atoms with E-state index in [4.69, 9.17) is 0 Å². The molecule has 3 N–H and O–H groups in total. The minimum atomic E-state index is -0.477. The van der Waals surface area contributed by atoms with Gasteiger partial charge in [-0.05, 0) is 36.8 Å². The average molecular weight is 414 g/mol. The lowest BCUT2D eigenvalue weighted by Gasteiger charge is -2.10. The quantitative estimate of drug-likeness (QED) is 0.613. The summed E-state index contributed by atoms with van der Waals surface area (Å²) < 4.78 is 0.919. The van der Waals surface area contributed by atoms with Gasteiger partial charge in [0, 0.05) is 27.1 Å². The summed E-state index contributed by atoms with van der Waals surface area (Å²) in [7, 11) is 0. The van der Waals surface area contributed by atoms with Crippen LogP contribution in [0.5, 0.6) is 0 Å². The van der Waals surface area contributed by atoms with Gasteiger partial charge in [0.1, 0.15) is 0 Å². The van der Waals surface area contributed by atoms with Gasteiger partial charge in [-0.3, -0.25) is 14.4 Å². The van der Waals surface area contributed by atoms with Gasteiger partial charge in [0.25, 0.3) is 5.91 Å². The summed E-state index contributed by atoms with van der Waals surface area (Å²) in [6.45, 7) is 1.68. The second-order valence-electron chi connectivity index (χ2n) is 5.78. The number of rotatable bonds is 4. The van der Waals surface area contributed by atoms with E-state index in [1.807, 2.05) is 19.1 Å². The third-order valence-corrected chi connectivity index (χ3v) is 4.36. The minimum Gasteiger partial charge on any atom is -0.343 e. The number of H-pyrrole nitrogens is 1. The number of anilines is 1. The number of hydrogen-bond acceptors (Lipinski definition) is 3. The Hall–Kier alpha value is -2.93. The molecule has 1 aromatic heterocycles. The molecule has 0 saturated heterocycles. The van der Waals surface area contributed by atoms with Crippen molar-refractivity contribution in [2.24, 2.45) is 0 Å². The molecule has 0 saturated carbocycles. The van der Waals surface area contributed by atoms with Crippen LogP contribution in [0.15, 0.2) is 57.8 Å². The maximum absolute atomic E-state index is 12.4. The van der Waals surface area contributed by atoms with Crippen LogP contribution in [0, 0.1) is 6.92 Å². The maximum Gasteiger partial charge on any atom is 0.252 e. The van der Waals surface area contributed by atoms with Gasteiger partial charge in [-0.1, -0.05) is 34.1 Å². The molecule has 0 radical (unpaired) electrons. The number of carbonyl (C=O) groups excluding carboxylic acids is 2. The Morgan fingerprint density at radius 1 is 1.12 bits per heavy atom. The molecule has 1 heterocycles. The molecule has 0 unspecified atom stereocenters. The SMILES string of the molecule is Cc1cc(Br)ccc1NC(=O)CNC(=O)c1cc(=O)[nH]c2ccccc12. The fraction of sp³-hybridized carbons (Fsp3) is 0.105. The highest BCUT2D eigenvalue weighted by molar-refractivity contribution is 9.10. The Morgan fingerprint density at radius 2 is 1.88 bits per heavy atom. The highest BCUT2D eigenvalue weighted by Gasteiger charge is 2.13. The summed E-state index contributed by atoms with van der Waals surface area (Å²) in [4.78, 5) is 38.9. The first kappa shape index (κ1) is 17.9. The topological polar surface area (TPSA) is 91.1 Å². The van der Waals surface area contributed by atoms with Gasteiger partial charge in [-0.25, -0.2) is 0 Å². The molecule has 3 aromatic rings. The number of aryl methyl sites for hydroxylation is 1. The monoisotopic (exact) mass is 413 g/mol. The second-order valence-corrected chi connectivity index (χ2v) is 6.70. The summed E-state index contributed by atoms with van der Waals surface area (Å²) in [6.07, 6.45) is 0. The van der Waals surface area contributed by atoms with Crippen molar-refractivity contribution in [3.8, 4) is 0 Å². The molecule has 26 heavy (non-hydrogen) atoms. The Kier molecular flexibility index (Phi) is 5.18. The first-order valence-electron chi connectivity index (χ1n) is 7.90. The predicted molar refractivity (Wildman–Crippen MR) is 104 cm³/mol. The number of aromatic amines is 1. The summed E-state index contributed by atoms with van der Waals surface area (Å²) in [5, 5.41) is 5.93. The Bertz CT molecular complexity index is 1060. The Balaban J connectivity index is 1.71. The van der Waals surface area contributed by atoms with E-state index in [1.165, 1.54) is 6.07 Å². The van der Waals surface area contributed by atoms with E-state index < -0.39 is 5.91 Å². The molecule has 2 amide bonds. The van der Waals surface area contributed by atoms with Crippen molar-refractivity contribution in [2.75, 3.05) is 11.9 Å². The second kappa shape index (κ2) is 7.53. The van der Waals surface area contributed by atoms with Gasteiger partial charge >= 0.3 is 0 Å². The largest absolute Gasteiger partial charge is 0.343 e. The fourth-order valence-corrected chi connectivity index (χ4v) is 3.09. The zero-order valence-electron chi connectivity index (χ0n) is 13.9. The third kappa shape index (κ3) is 4.00. The molecule has 0 aliphatic carbocycles. The number of pyridine rings is 1. The van der Waals surface area contributed by atoms with Crippen molar-refractivity contribution in [3.63, 3.8) is 0 Å². The number of fused-ring (bicyclic) bond motifs is 1. The first-order valence-corrected chi connectivity index (χ1v) is 8.69. The molecule has 0 atom stereocenters. The molecule has 7 heteroatoms. The van der Waals surface area contributed by atoms with Gasteiger partial charge < -0.3 is 15.6 Å². The lowest BCUT2D eigenvalue weighted by Crippen LogP contribution is -2.33. The number of para-hydroxylation sites is 1. The summed E-state index contributed by atoms with van der Waals surface area (Å²) in [5.41, 5.74) is 2.01. The van der Waals surface area contributed by atoms with Crippen molar-refractivity contribution >= 4 is 44.3 Å². The van der Waals surface area contributed by atoms with Gasteiger partial charge in [-0.15, -0.1) is 0 Å². The van der Waals surface area contributed by atoms with Gasteiger partial charge in [0.15, 0.2) is 0 Å². The molecule has 0 aliphatic heterocycles. The smallest absolute Gasteiger partial charge is 0.252 e. The van der Waals surface area contributed by atoms with E-state index in [0.29, 0.717) is 16.6 Å². The number of amides is 2. The van der Waals surface area contributed by atoms with Crippen LogP contribution in [-0.4, -0.2) is 23.3 Å². The molecule has 3 rings (SSSR count). The number of hydrogen-bond donors (Lipinski definition) is 3. The van der Waals surface area contributed by atoms with Gasteiger partial charge in [-0.2, -0.15) is 0 Å².